The van der Waals surface area contributed by atoms with E-state index in [1.807, 2.05) is 0 Å². The van der Waals surface area contributed by atoms with E-state index in [2.05, 4.69) is 10.0 Å². The molecule has 1 amide bonds. The van der Waals surface area contributed by atoms with Crippen molar-refractivity contribution in [2.45, 2.75) is 45.2 Å². The maximum absolute atomic E-state index is 11.7. The zero-order chi connectivity index (χ0) is 16.6. The minimum Gasteiger partial charge on any atom is -0.481 e. The Morgan fingerprint density at radius 2 is 1.76 bits per heavy atom. The first kappa shape index (κ1) is 19.3. The number of aliphatic carboxylic acids is 2. The van der Waals surface area contributed by atoms with Crippen molar-refractivity contribution < 1.29 is 33.0 Å². The Labute approximate surface area is 122 Å². The molecule has 0 rings (SSSR count). The first-order chi connectivity index (χ1) is 9.59. The van der Waals surface area contributed by atoms with Gasteiger partial charge in [0.1, 0.15) is 6.04 Å². The fourth-order valence-electron chi connectivity index (χ4n) is 1.47. The van der Waals surface area contributed by atoms with Crippen molar-refractivity contribution in [3.63, 3.8) is 0 Å². The monoisotopic (exact) mass is 324 g/mol. The van der Waals surface area contributed by atoms with Gasteiger partial charge in [0.15, 0.2) is 0 Å². The third kappa shape index (κ3) is 8.25. The summed E-state index contributed by atoms with van der Waals surface area (Å²) in [6.07, 6.45) is -0.335. The lowest BCUT2D eigenvalue weighted by atomic mass is 10.1. The number of hydrogen-bond acceptors (Lipinski definition) is 5. The smallest absolute Gasteiger partial charge is 0.326 e. The van der Waals surface area contributed by atoms with Crippen molar-refractivity contribution in [3.05, 3.63) is 0 Å². The summed E-state index contributed by atoms with van der Waals surface area (Å²) < 4.78 is 25.1. The highest BCUT2D eigenvalue weighted by atomic mass is 32.2. The van der Waals surface area contributed by atoms with Crippen LogP contribution in [0.15, 0.2) is 0 Å². The molecule has 0 aliphatic carbocycles. The van der Waals surface area contributed by atoms with Gasteiger partial charge >= 0.3 is 11.9 Å². The number of carbonyl (C=O) groups excluding carboxylic acids is 1. The van der Waals surface area contributed by atoms with Gasteiger partial charge < -0.3 is 15.5 Å². The number of carbonyl (C=O) groups is 3. The van der Waals surface area contributed by atoms with Gasteiger partial charge in [-0.25, -0.2) is 17.9 Å². The standard InChI is InChI=1S/C11H20N2O7S/c1-3-6-21(19,20)13-7(2)10(16)12-8(11(17)18)4-5-9(14)15/h7-8,13H,3-6H2,1-2H3,(H,12,16)(H,14,15)(H,17,18). The van der Waals surface area contributed by atoms with Crippen LogP contribution < -0.4 is 10.0 Å². The minimum absolute atomic E-state index is 0.147. The summed E-state index contributed by atoms with van der Waals surface area (Å²) in [6.45, 7) is 2.94. The van der Waals surface area contributed by atoms with Gasteiger partial charge in [0.05, 0.1) is 11.8 Å². The van der Waals surface area contributed by atoms with E-state index in [0.29, 0.717) is 6.42 Å². The van der Waals surface area contributed by atoms with Crippen molar-refractivity contribution in [1.29, 1.82) is 0 Å². The number of rotatable bonds is 10. The molecular weight excluding hydrogens is 304 g/mol. The predicted octanol–water partition coefficient (Wildman–Crippen LogP) is -0.861. The summed E-state index contributed by atoms with van der Waals surface area (Å²) in [6, 6.07) is -2.53. The molecule has 0 aromatic carbocycles. The number of carboxylic acid groups (broad SMARTS) is 2. The van der Waals surface area contributed by atoms with Gasteiger partial charge in [-0.15, -0.1) is 0 Å². The quantitative estimate of drug-likeness (QED) is 0.408. The van der Waals surface area contributed by atoms with Crippen LogP contribution in [0.4, 0.5) is 0 Å². The summed E-state index contributed by atoms with van der Waals surface area (Å²) in [5.74, 6) is -3.54. The molecule has 0 spiro atoms. The van der Waals surface area contributed by atoms with Gasteiger partial charge in [0, 0.05) is 6.42 Å². The van der Waals surface area contributed by atoms with Gasteiger partial charge in [-0.05, 0) is 19.8 Å². The second-order valence-corrected chi connectivity index (χ2v) is 6.36. The number of hydrogen-bond donors (Lipinski definition) is 4. The number of amides is 1. The van der Waals surface area contributed by atoms with Crippen LogP contribution >= 0.6 is 0 Å². The zero-order valence-electron chi connectivity index (χ0n) is 11.8. The Morgan fingerprint density at radius 1 is 1.19 bits per heavy atom. The molecule has 2 atom stereocenters. The van der Waals surface area contributed by atoms with E-state index in [0.717, 1.165) is 0 Å². The van der Waals surface area contributed by atoms with Crippen LogP contribution in [0.25, 0.3) is 0 Å². The predicted molar refractivity (Wildman–Crippen MR) is 73.1 cm³/mol. The molecule has 0 aromatic heterocycles. The van der Waals surface area contributed by atoms with E-state index in [4.69, 9.17) is 10.2 Å². The van der Waals surface area contributed by atoms with E-state index < -0.39 is 46.4 Å². The molecule has 9 nitrogen and oxygen atoms in total. The van der Waals surface area contributed by atoms with Crippen molar-refractivity contribution >= 4 is 27.9 Å². The summed E-state index contributed by atoms with van der Waals surface area (Å²) in [5, 5.41) is 19.5. The average molecular weight is 324 g/mol. The molecule has 0 bridgehead atoms. The van der Waals surface area contributed by atoms with Gasteiger partial charge in [-0.3, -0.25) is 9.59 Å². The maximum Gasteiger partial charge on any atom is 0.326 e. The molecule has 0 fully saturated rings. The molecule has 0 aliphatic heterocycles. The number of carboxylic acids is 2. The molecule has 0 radical (unpaired) electrons. The number of nitrogens with one attached hydrogen (secondary N) is 2. The molecule has 4 N–H and O–H groups in total. The fourth-order valence-corrected chi connectivity index (χ4v) is 2.77. The molecule has 0 aliphatic rings. The largest absolute Gasteiger partial charge is 0.481 e. The summed E-state index contributed by atoms with van der Waals surface area (Å²) in [7, 11) is -3.61. The second-order valence-electron chi connectivity index (χ2n) is 4.49. The molecule has 2 unspecified atom stereocenters. The third-order valence-electron chi connectivity index (χ3n) is 2.48. The van der Waals surface area contributed by atoms with E-state index in [9.17, 15) is 22.8 Å². The molecule has 21 heavy (non-hydrogen) atoms. The normalized spacial score (nSPS) is 14.2. The van der Waals surface area contributed by atoms with Crippen LogP contribution in [0.3, 0.4) is 0 Å². The summed E-state index contributed by atoms with van der Waals surface area (Å²) in [4.78, 5) is 33.1. The Kier molecular flexibility index (Phi) is 7.89. The lowest BCUT2D eigenvalue weighted by Gasteiger charge is -2.18. The van der Waals surface area contributed by atoms with Gasteiger partial charge in [-0.2, -0.15) is 0 Å². The Balaban J connectivity index is 4.61. The SMILES string of the molecule is CCCS(=O)(=O)NC(C)C(=O)NC(CCC(=O)O)C(=O)O. The van der Waals surface area contributed by atoms with Crippen molar-refractivity contribution in [2.75, 3.05) is 5.75 Å². The van der Waals surface area contributed by atoms with Gasteiger partial charge in [0.25, 0.3) is 0 Å². The lowest BCUT2D eigenvalue weighted by molar-refractivity contribution is -0.143. The van der Waals surface area contributed by atoms with Crippen LogP contribution in [-0.4, -0.2) is 54.3 Å². The zero-order valence-corrected chi connectivity index (χ0v) is 12.6. The van der Waals surface area contributed by atoms with E-state index >= 15 is 0 Å². The van der Waals surface area contributed by atoms with Gasteiger partial charge in [0.2, 0.25) is 15.9 Å². The summed E-state index contributed by atoms with van der Waals surface area (Å²) in [5.41, 5.74) is 0. The molecule has 0 saturated heterocycles. The third-order valence-corrected chi connectivity index (χ3v) is 4.14. The van der Waals surface area contributed by atoms with Crippen LogP contribution in [0.2, 0.25) is 0 Å². The molecule has 0 saturated carbocycles. The second kappa shape index (κ2) is 8.57. The highest BCUT2D eigenvalue weighted by Crippen LogP contribution is 2.00. The fraction of sp³-hybridized carbons (Fsp3) is 0.727. The van der Waals surface area contributed by atoms with E-state index in [1.165, 1.54) is 6.92 Å². The molecule has 0 aromatic rings. The van der Waals surface area contributed by atoms with Crippen LogP contribution in [0.1, 0.15) is 33.1 Å². The Bertz CT molecular complexity index is 489. The number of sulfonamides is 1. The highest BCUT2D eigenvalue weighted by molar-refractivity contribution is 7.89. The lowest BCUT2D eigenvalue weighted by Crippen LogP contribution is -2.50. The Morgan fingerprint density at radius 3 is 2.19 bits per heavy atom. The molecule has 122 valence electrons. The summed E-state index contributed by atoms with van der Waals surface area (Å²) >= 11 is 0. The topological polar surface area (TPSA) is 150 Å². The van der Waals surface area contributed by atoms with E-state index in [-0.39, 0.29) is 12.2 Å². The van der Waals surface area contributed by atoms with Crippen molar-refractivity contribution in [2.24, 2.45) is 0 Å². The van der Waals surface area contributed by atoms with Crippen molar-refractivity contribution in [1.82, 2.24) is 10.0 Å². The maximum atomic E-state index is 11.7. The molecule has 10 heteroatoms. The van der Waals surface area contributed by atoms with Crippen LogP contribution in [0.5, 0.6) is 0 Å². The van der Waals surface area contributed by atoms with E-state index in [1.54, 1.807) is 6.92 Å². The van der Waals surface area contributed by atoms with Crippen LogP contribution in [0, 0.1) is 0 Å². The minimum atomic E-state index is -3.61. The molecular formula is C11H20N2O7S. The molecule has 0 heterocycles. The van der Waals surface area contributed by atoms with Gasteiger partial charge in [-0.1, -0.05) is 6.92 Å². The van der Waals surface area contributed by atoms with Crippen molar-refractivity contribution in [3.8, 4) is 0 Å². The Hall–Kier alpha value is -1.68. The van der Waals surface area contributed by atoms with Crippen LogP contribution in [-0.2, 0) is 24.4 Å². The highest BCUT2D eigenvalue weighted by Gasteiger charge is 2.25. The average Bonchev–Trinajstić information content (AvgIpc) is 2.32. The first-order valence-electron chi connectivity index (χ1n) is 6.34. The first-order valence-corrected chi connectivity index (χ1v) is 7.99.